The van der Waals surface area contributed by atoms with E-state index >= 15 is 0 Å². The maximum atomic E-state index is 12.2. The van der Waals surface area contributed by atoms with Crippen LogP contribution in [0.25, 0.3) is 0 Å². The van der Waals surface area contributed by atoms with E-state index in [1.165, 1.54) is 24.3 Å². The molecule has 0 unspecified atom stereocenters. The van der Waals surface area contributed by atoms with Crippen molar-refractivity contribution in [3.05, 3.63) is 24.3 Å². The van der Waals surface area contributed by atoms with Gasteiger partial charge in [-0.1, -0.05) is 32.1 Å². The van der Waals surface area contributed by atoms with Crippen LogP contribution >= 0.6 is 11.8 Å². The Morgan fingerprint density at radius 2 is 1.44 bits per heavy atom. The van der Waals surface area contributed by atoms with Crippen LogP contribution in [0.1, 0.15) is 44.9 Å². The first kappa shape index (κ1) is 22.1. The van der Waals surface area contributed by atoms with Crippen LogP contribution in [0.4, 0.5) is 13.2 Å². The summed E-state index contributed by atoms with van der Waals surface area (Å²) in [6.45, 7) is 0.500. The van der Waals surface area contributed by atoms with E-state index in [0.717, 1.165) is 38.5 Å². The highest BCUT2D eigenvalue weighted by Gasteiger charge is 2.28. The van der Waals surface area contributed by atoms with Crippen molar-refractivity contribution in [3.63, 3.8) is 0 Å². The summed E-state index contributed by atoms with van der Waals surface area (Å²) < 4.78 is 73.3. The van der Waals surface area contributed by atoms with Gasteiger partial charge in [-0.25, -0.2) is 8.42 Å². The summed E-state index contributed by atoms with van der Waals surface area (Å²) in [5.41, 5.74) is -4.29. The minimum atomic E-state index is -4.29. The van der Waals surface area contributed by atoms with E-state index < -0.39 is 15.6 Å². The van der Waals surface area contributed by atoms with E-state index in [1.807, 2.05) is 0 Å². The molecule has 1 aromatic rings. The second-order valence-corrected chi connectivity index (χ2v) is 8.27. The molecule has 0 spiro atoms. The molecule has 0 saturated carbocycles. The van der Waals surface area contributed by atoms with E-state index in [9.17, 15) is 26.1 Å². The number of rotatable bonds is 12. The maximum absolute atomic E-state index is 12.2. The summed E-state index contributed by atoms with van der Waals surface area (Å²) in [6, 6.07) is 5.82. The first-order chi connectivity index (χ1) is 11.7. The van der Waals surface area contributed by atoms with Gasteiger partial charge >= 0.3 is 5.51 Å². The minimum absolute atomic E-state index is 0.129. The normalized spacial score (nSPS) is 12.3. The fraction of sp³-hybridized carbons (Fsp3) is 0.625. The molecular weight excluding hydrogens is 377 g/mol. The molecule has 25 heavy (non-hydrogen) atoms. The van der Waals surface area contributed by atoms with Crippen molar-refractivity contribution in [3.8, 4) is 5.75 Å². The van der Waals surface area contributed by atoms with Crippen molar-refractivity contribution in [2.24, 2.45) is 0 Å². The SMILES string of the molecule is O=S(=O)([O-])CCCCCCCCCOc1ccc(SC(F)(F)F)cc1. The van der Waals surface area contributed by atoms with Crippen molar-refractivity contribution >= 4 is 21.9 Å². The summed E-state index contributed by atoms with van der Waals surface area (Å²) in [4.78, 5) is 0.129. The number of hydrogen-bond acceptors (Lipinski definition) is 5. The van der Waals surface area contributed by atoms with Gasteiger partial charge in [0.25, 0.3) is 0 Å². The molecule has 0 aliphatic carbocycles. The molecule has 0 aliphatic rings. The van der Waals surface area contributed by atoms with Crippen LogP contribution in [-0.2, 0) is 10.1 Å². The largest absolute Gasteiger partial charge is 0.748 e. The second-order valence-electron chi connectivity index (χ2n) is 5.60. The molecule has 0 N–H and O–H groups in total. The summed E-state index contributed by atoms with van der Waals surface area (Å²) in [5, 5.41) is 0. The Balaban J connectivity index is 2.03. The van der Waals surface area contributed by atoms with Crippen LogP contribution in [0.5, 0.6) is 5.75 Å². The van der Waals surface area contributed by atoms with Gasteiger partial charge in [-0.05, 0) is 48.9 Å². The Morgan fingerprint density at radius 3 is 1.96 bits per heavy atom. The number of thioether (sulfide) groups is 1. The predicted octanol–water partition coefficient (Wildman–Crippen LogP) is 4.95. The zero-order valence-electron chi connectivity index (χ0n) is 13.8. The molecule has 0 saturated heterocycles. The summed E-state index contributed by atoms with van der Waals surface area (Å²) >= 11 is -0.153. The average molecular weight is 399 g/mol. The molecule has 0 aromatic heterocycles. The smallest absolute Gasteiger partial charge is 0.446 e. The minimum Gasteiger partial charge on any atom is -0.748 e. The van der Waals surface area contributed by atoms with Gasteiger partial charge in [0, 0.05) is 10.6 Å². The van der Waals surface area contributed by atoms with E-state index in [1.54, 1.807) is 0 Å². The van der Waals surface area contributed by atoms with Gasteiger partial charge < -0.3 is 9.29 Å². The van der Waals surface area contributed by atoms with Gasteiger partial charge in [-0.2, -0.15) is 13.2 Å². The molecule has 0 atom stereocenters. The van der Waals surface area contributed by atoms with Crippen LogP contribution in [-0.4, -0.2) is 30.8 Å². The average Bonchev–Trinajstić information content (AvgIpc) is 2.48. The third-order valence-corrected chi connectivity index (χ3v) is 4.89. The first-order valence-corrected chi connectivity index (χ1v) is 10.5. The van der Waals surface area contributed by atoms with Gasteiger partial charge in [0.2, 0.25) is 0 Å². The maximum Gasteiger partial charge on any atom is 0.446 e. The van der Waals surface area contributed by atoms with Crippen molar-refractivity contribution in [2.75, 3.05) is 12.4 Å². The van der Waals surface area contributed by atoms with Crippen LogP contribution in [0.3, 0.4) is 0 Å². The summed E-state index contributed by atoms with van der Waals surface area (Å²) in [7, 11) is -4.09. The van der Waals surface area contributed by atoms with Crippen LogP contribution < -0.4 is 4.74 Å². The Bertz CT molecular complexity index is 586. The molecule has 0 amide bonds. The zero-order chi connectivity index (χ0) is 18.8. The van der Waals surface area contributed by atoms with Crippen LogP contribution in [0.2, 0.25) is 0 Å². The molecule has 0 heterocycles. The first-order valence-electron chi connectivity index (χ1n) is 8.08. The lowest BCUT2D eigenvalue weighted by atomic mass is 10.1. The van der Waals surface area contributed by atoms with Crippen molar-refractivity contribution in [2.45, 2.75) is 55.3 Å². The number of hydrogen-bond donors (Lipinski definition) is 0. The van der Waals surface area contributed by atoms with Gasteiger partial charge in [-0.15, -0.1) is 0 Å². The van der Waals surface area contributed by atoms with Gasteiger partial charge in [0.1, 0.15) is 5.75 Å². The van der Waals surface area contributed by atoms with Gasteiger partial charge in [0.05, 0.1) is 16.7 Å². The Labute approximate surface area is 150 Å². The third-order valence-electron chi connectivity index (χ3n) is 3.36. The topological polar surface area (TPSA) is 66.4 Å². The van der Waals surface area contributed by atoms with E-state index in [2.05, 4.69) is 0 Å². The molecule has 1 aromatic carbocycles. The highest BCUT2D eigenvalue weighted by atomic mass is 32.2. The Hall–Kier alpha value is -0.930. The molecule has 9 heteroatoms. The van der Waals surface area contributed by atoms with Gasteiger partial charge in [0.15, 0.2) is 0 Å². The van der Waals surface area contributed by atoms with Gasteiger partial charge in [-0.3, -0.25) is 0 Å². The quantitative estimate of drug-likeness (QED) is 0.283. The highest BCUT2D eigenvalue weighted by molar-refractivity contribution is 8.00. The molecule has 4 nitrogen and oxygen atoms in total. The van der Waals surface area contributed by atoms with Crippen LogP contribution in [0, 0.1) is 0 Å². The molecule has 0 fully saturated rings. The molecule has 0 radical (unpaired) electrons. The molecular formula is C16H22F3O4S2-. The van der Waals surface area contributed by atoms with Crippen molar-refractivity contribution < 1.29 is 30.9 Å². The van der Waals surface area contributed by atoms with Crippen molar-refractivity contribution in [1.82, 2.24) is 0 Å². The zero-order valence-corrected chi connectivity index (χ0v) is 15.4. The highest BCUT2D eigenvalue weighted by Crippen LogP contribution is 2.37. The Kier molecular flexibility index (Phi) is 9.66. The standard InChI is InChI=1S/C16H23F3O4S2/c17-16(18,19)24-15-10-8-14(9-11-15)23-12-6-4-2-1-3-5-7-13-25(20,21)22/h8-11H,1-7,12-13H2,(H,20,21,22)/p-1. The number of alkyl halides is 3. The van der Waals surface area contributed by atoms with E-state index in [0.29, 0.717) is 18.8 Å². The van der Waals surface area contributed by atoms with E-state index in [4.69, 9.17) is 4.74 Å². The second kappa shape index (κ2) is 10.9. The lowest BCUT2D eigenvalue weighted by molar-refractivity contribution is -0.0328. The number of halogens is 3. The van der Waals surface area contributed by atoms with Crippen LogP contribution in [0.15, 0.2) is 29.2 Å². The fourth-order valence-corrected chi connectivity index (χ4v) is 3.29. The van der Waals surface area contributed by atoms with Crippen molar-refractivity contribution in [1.29, 1.82) is 0 Å². The molecule has 0 aliphatic heterocycles. The molecule has 0 bridgehead atoms. The lowest BCUT2D eigenvalue weighted by Crippen LogP contribution is -2.03. The summed E-state index contributed by atoms with van der Waals surface area (Å²) in [5.74, 6) is 0.256. The number of benzene rings is 1. The number of unbranched alkanes of at least 4 members (excludes halogenated alkanes) is 6. The Morgan fingerprint density at radius 1 is 0.920 bits per heavy atom. The fourth-order valence-electron chi connectivity index (χ4n) is 2.19. The third kappa shape index (κ3) is 13.0. The predicted molar refractivity (Wildman–Crippen MR) is 90.7 cm³/mol. The monoisotopic (exact) mass is 399 g/mol. The molecule has 1 rings (SSSR count). The summed E-state index contributed by atoms with van der Waals surface area (Å²) in [6.07, 6.45) is 5.82. The lowest BCUT2D eigenvalue weighted by Gasteiger charge is -2.08. The number of ether oxygens (including phenoxy) is 1. The van der Waals surface area contributed by atoms with E-state index in [-0.39, 0.29) is 22.4 Å². The molecule has 144 valence electrons.